The first-order chi connectivity index (χ1) is 4.84. The van der Waals surface area contributed by atoms with Gasteiger partial charge >= 0.3 is 0 Å². The first-order valence-electron chi connectivity index (χ1n) is 4.21. The van der Waals surface area contributed by atoms with Gasteiger partial charge in [0.25, 0.3) is 0 Å². The maximum Gasteiger partial charge on any atom is 0.0585 e. The highest BCUT2D eigenvalue weighted by Crippen LogP contribution is 2.25. The number of rotatable bonds is 2. The molecule has 1 aliphatic rings. The molecule has 0 aromatic heterocycles. The molecule has 1 rings (SSSR count). The standard InChI is InChI=1S/C8H17NO.ClH/c9-8(6-10)7-4-2-1-3-5-7;/h7-8,10H,1-6,9H2;1H/t8-;/m0./s1. The number of hydrogen-bond donors (Lipinski definition) is 2. The lowest BCUT2D eigenvalue weighted by Crippen LogP contribution is -2.34. The van der Waals surface area contributed by atoms with Gasteiger partial charge in [-0.05, 0) is 18.8 Å². The molecular weight excluding hydrogens is 162 g/mol. The highest BCUT2D eigenvalue weighted by Gasteiger charge is 2.18. The van der Waals surface area contributed by atoms with Gasteiger partial charge in [0.15, 0.2) is 0 Å². The Morgan fingerprint density at radius 1 is 1.27 bits per heavy atom. The summed E-state index contributed by atoms with van der Waals surface area (Å²) in [6, 6.07) is 0.0419. The van der Waals surface area contributed by atoms with Crippen molar-refractivity contribution in [3.8, 4) is 0 Å². The SMILES string of the molecule is Cl.N[C@@H](CO)C1CCCCC1. The largest absolute Gasteiger partial charge is 0.395 e. The van der Waals surface area contributed by atoms with Crippen LogP contribution in [0.3, 0.4) is 0 Å². The van der Waals surface area contributed by atoms with E-state index in [4.69, 9.17) is 10.8 Å². The molecule has 0 amide bonds. The summed E-state index contributed by atoms with van der Waals surface area (Å²) in [5, 5.41) is 8.76. The van der Waals surface area contributed by atoms with Crippen LogP contribution in [0.25, 0.3) is 0 Å². The Hall–Kier alpha value is 0.210. The molecule has 1 fully saturated rings. The lowest BCUT2D eigenvalue weighted by atomic mass is 9.85. The van der Waals surface area contributed by atoms with Crippen LogP contribution in [0.5, 0.6) is 0 Å². The Labute approximate surface area is 74.6 Å². The molecule has 68 valence electrons. The van der Waals surface area contributed by atoms with Crippen molar-refractivity contribution in [2.24, 2.45) is 11.7 Å². The van der Waals surface area contributed by atoms with Crippen molar-refractivity contribution in [1.82, 2.24) is 0 Å². The van der Waals surface area contributed by atoms with Crippen molar-refractivity contribution >= 4 is 12.4 Å². The Balaban J connectivity index is 0.000001000. The molecule has 0 aromatic carbocycles. The molecule has 3 heteroatoms. The molecule has 1 atom stereocenters. The third-order valence-corrected chi connectivity index (χ3v) is 2.47. The molecule has 3 N–H and O–H groups in total. The molecule has 0 saturated heterocycles. The van der Waals surface area contributed by atoms with E-state index in [1.165, 1.54) is 32.1 Å². The molecule has 0 aromatic rings. The monoisotopic (exact) mass is 179 g/mol. The van der Waals surface area contributed by atoms with Crippen LogP contribution in [0, 0.1) is 5.92 Å². The molecule has 1 saturated carbocycles. The highest BCUT2D eigenvalue weighted by molar-refractivity contribution is 5.85. The van der Waals surface area contributed by atoms with E-state index in [2.05, 4.69) is 0 Å². The lowest BCUT2D eigenvalue weighted by molar-refractivity contribution is 0.198. The van der Waals surface area contributed by atoms with E-state index >= 15 is 0 Å². The first-order valence-corrected chi connectivity index (χ1v) is 4.21. The van der Waals surface area contributed by atoms with E-state index in [1.807, 2.05) is 0 Å². The van der Waals surface area contributed by atoms with E-state index in [-0.39, 0.29) is 25.1 Å². The molecule has 1 aliphatic carbocycles. The molecule has 0 radical (unpaired) electrons. The topological polar surface area (TPSA) is 46.2 Å². The van der Waals surface area contributed by atoms with Gasteiger partial charge in [0.1, 0.15) is 0 Å². The lowest BCUT2D eigenvalue weighted by Gasteiger charge is -2.25. The normalized spacial score (nSPS) is 22.4. The Morgan fingerprint density at radius 3 is 2.27 bits per heavy atom. The maximum absolute atomic E-state index is 8.76. The Morgan fingerprint density at radius 2 is 1.82 bits per heavy atom. The second-order valence-corrected chi connectivity index (χ2v) is 3.24. The molecule has 0 bridgehead atoms. The fourth-order valence-electron chi connectivity index (χ4n) is 1.71. The zero-order valence-electron chi connectivity index (χ0n) is 6.83. The molecule has 0 heterocycles. The predicted molar refractivity (Wildman–Crippen MR) is 48.9 cm³/mol. The minimum absolute atomic E-state index is 0. The third-order valence-electron chi connectivity index (χ3n) is 2.47. The number of aliphatic hydroxyl groups excluding tert-OH is 1. The van der Waals surface area contributed by atoms with Crippen molar-refractivity contribution in [3.63, 3.8) is 0 Å². The van der Waals surface area contributed by atoms with E-state index in [0.29, 0.717) is 5.92 Å². The summed E-state index contributed by atoms with van der Waals surface area (Å²) in [6.45, 7) is 0.157. The van der Waals surface area contributed by atoms with Gasteiger partial charge in [-0.1, -0.05) is 19.3 Å². The van der Waals surface area contributed by atoms with Crippen molar-refractivity contribution in [2.75, 3.05) is 6.61 Å². The second-order valence-electron chi connectivity index (χ2n) is 3.24. The van der Waals surface area contributed by atoms with Gasteiger partial charge in [-0.25, -0.2) is 0 Å². The van der Waals surface area contributed by atoms with Gasteiger partial charge in [-0.3, -0.25) is 0 Å². The van der Waals surface area contributed by atoms with E-state index in [9.17, 15) is 0 Å². The predicted octanol–water partition coefficient (Wildman–Crippen LogP) is 1.31. The summed E-state index contributed by atoms with van der Waals surface area (Å²) >= 11 is 0. The van der Waals surface area contributed by atoms with Crippen LogP contribution in [0.4, 0.5) is 0 Å². The van der Waals surface area contributed by atoms with Crippen molar-refractivity contribution in [1.29, 1.82) is 0 Å². The minimum atomic E-state index is 0. The number of aliphatic hydroxyl groups is 1. The van der Waals surface area contributed by atoms with E-state index < -0.39 is 0 Å². The van der Waals surface area contributed by atoms with Gasteiger partial charge in [0, 0.05) is 6.04 Å². The average molecular weight is 180 g/mol. The van der Waals surface area contributed by atoms with Crippen LogP contribution in [-0.4, -0.2) is 17.8 Å². The van der Waals surface area contributed by atoms with E-state index in [0.717, 1.165) is 0 Å². The zero-order chi connectivity index (χ0) is 7.40. The van der Waals surface area contributed by atoms with Crippen LogP contribution >= 0.6 is 12.4 Å². The van der Waals surface area contributed by atoms with Gasteiger partial charge in [-0.15, -0.1) is 12.4 Å². The Bertz CT molecular complexity index is 94.1. The minimum Gasteiger partial charge on any atom is -0.395 e. The van der Waals surface area contributed by atoms with Gasteiger partial charge < -0.3 is 10.8 Å². The molecule has 0 aliphatic heterocycles. The summed E-state index contributed by atoms with van der Waals surface area (Å²) < 4.78 is 0. The summed E-state index contributed by atoms with van der Waals surface area (Å²) in [5.74, 6) is 0.596. The third kappa shape index (κ3) is 3.41. The van der Waals surface area contributed by atoms with Crippen LogP contribution in [0.1, 0.15) is 32.1 Å². The molecule has 11 heavy (non-hydrogen) atoms. The molecular formula is C8H18ClNO. The fourth-order valence-corrected chi connectivity index (χ4v) is 1.71. The summed E-state index contributed by atoms with van der Waals surface area (Å²) in [7, 11) is 0. The van der Waals surface area contributed by atoms with Crippen LogP contribution in [0.15, 0.2) is 0 Å². The van der Waals surface area contributed by atoms with Gasteiger partial charge in [-0.2, -0.15) is 0 Å². The van der Waals surface area contributed by atoms with Crippen molar-refractivity contribution in [2.45, 2.75) is 38.1 Å². The fraction of sp³-hybridized carbons (Fsp3) is 1.00. The number of hydrogen-bond acceptors (Lipinski definition) is 2. The molecule has 0 spiro atoms. The maximum atomic E-state index is 8.76. The molecule has 0 unspecified atom stereocenters. The van der Waals surface area contributed by atoms with Crippen molar-refractivity contribution in [3.05, 3.63) is 0 Å². The van der Waals surface area contributed by atoms with Gasteiger partial charge in [0.2, 0.25) is 0 Å². The summed E-state index contributed by atoms with van der Waals surface area (Å²) in [5.41, 5.74) is 5.70. The number of nitrogens with two attached hydrogens (primary N) is 1. The highest BCUT2D eigenvalue weighted by atomic mass is 35.5. The number of halogens is 1. The Kier molecular flexibility index (Phi) is 5.92. The van der Waals surface area contributed by atoms with E-state index in [1.54, 1.807) is 0 Å². The van der Waals surface area contributed by atoms with Crippen LogP contribution in [0.2, 0.25) is 0 Å². The van der Waals surface area contributed by atoms with Crippen LogP contribution in [-0.2, 0) is 0 Å². The zero-order valence-corrected chi connectivity index (χ0v) is 7.65. The quantitative estimate of drug-likeness (QED) is 0.672. The smallest absolute Gasteiger partial charge is 0.0585 e. The second kappa shape index (κ2) is 5.81. The average Bonchev–Trinajstić information content (AvgIpc) is 2.05. The van der Waals surface area contributed by atoms with Crippen LogP contribution < -0.4 is 5.73 Å². The summed E-state index contributed by atoms with van der Waals surface area (Å²) in [6.07, 6.45) is 6.41. The first kappa shape index (κ1) is 11.2. The summed E-state index contributed by atoms with van der Waals surface area (Å²) in [4.78, 5) is 0. The molecule has 2 nitrogen and oxygen atoms in total. The van der Waals surface area contributed by atoms with Crippen molar-refractivity contribution < 1.29 is 5.11 Å². The van der Waals surface area contributed by atoms with Gasteiger partial charge in [0.05, 0.1) is 6.61 Å².